The number of nitrogen functional groups attached to an aromatic ring is 1. The van der Waals surface area contributed by atoms with Crippen molar-refractivity contribution in [3.05, 3.63) is 41.3 Å². The van der Waals surface area contributed by atoms with Crippen LogP contribution in [-0.4, -0.2) is 9.97 Å². The molecule has 2 aromatic rings. The summed E-state index contributed by atoms with van der Waals surface area (Å²) in [5.41, 5.74) is 2.32. The summed E-state index contributed by atoms with van der Waals surface area (Å²) in [7, 11) is 0. The third kappa shape index (κ3) is 3.06. The molecule has 4 nitrogen and oxygen atoms in total. The maximum absolute atomic E-state index is 13.0. The lowest BCUT2D eigenvalue weighted by Crippen LogP contribution is -2.10. The van der Waals surface area contributed by atoms with E-state index in [1.807, 2.05) is 0 Å². The predicted molar refractivity (Wildman–Crippen MR) is 65.4 cm³/mol. The van der Waals surface area contributed by atoms with E-state index in [1.54, 1.807) is 12.1 Å². The Morgan fingerprint density at radius 1 is 1.41 bits per heavy atom. The van der Waals surface area contributed by atoms with Crippen LogP contribution >= 0.6 is 23.4 Å². The number of anilines is 1. The van der Waals surface area contributed by atoms with Gasteiger partial charge in [-0.05, 0) is 18.2 Å². The fourth-order valence-corrected chi connectivity index (χ4v) is 2.17. The van der Waals surface area contributed by atoms with E-state index in [-0.39, 0.29) is 11.8 Å². The lowest BCUT2D eigenvalue weighted by atomic mass is 10.4. The molecule has 0 fully saturated rings. The third-order valence-corrected chi connectivity index (χ3v) is 3.23. The maximum Gasteiger partial charge on any atom is 0.238 e. The van der Waals surface area contributed by atoms with E-state index >= 15 is 0 Å². The summed E-state index contributed by atoms with van der Waals surface area (Å²) in [6.07, 6.45) is 1.44. The summed E-state index contributed by atoms with van der Waals surface area (Å²) in [6, 6.07) is 6.16. The summed E-state index contributed by atoms with van der Waals surface area (Å²) >= 11 is 7.17. The normalized spacial score (nSPS) is 10.3. The van der Waals surface area contributed by atoms with Gasteiger partial charge >= 0.3 is 0 Å². The molecule has 0 bridgehead atoms. The van der Waals surface area contributed by atoms with Crippen LogP contribution in [0.4, 0.5) is 10.3 Å². The minimum Gasteiger partial charge on any atom is -0.292 e. The van der Waals surface area contributed by atoms with Gasteiger partial charge in [-0.1, -0.05) is 29.4 Å². The van der Waals surface area contributed by atoms with Gasteiger partial charge in [-0.3, -0.25) is 5.43 Å². The first-order valence-electron chi connectivity index (χ1n) is 4.61. The first kappa shape index (κ1) is 12.1. The molecule has 1 heterocycles. The minimum atomic E-state index is -0.308. The van der Waals surface area contributed by atoms with Crippen molar-refractivity contribution in [3.8, 4) is 0 Å². The second kappa shape index (κ2) is 5.31. The number of nitrogens with zero attached hydrogens (tertiary/aromatic N) is 2. The number of nitrogens with one attached hydrogen (secondary N) is 1. The molecule has 0 atom stereocenters. The van der Waals surface area contributed by atoms with Crippen molar-refractivity contribution in [1.29, 1.82) is 0 Å². The number of rotatable bonds is 3. The van der Waals surface area contributed by atoms with Crippen LogP contribution in [0.1, 0.15) is 0 Å². The number of hydrogen-bond donors (Lipinski definition) is 2. The van der Waals surface area contributed by atoms with Crippen LogP contribution < -0.4 is 11.3 Å². The van der Waals surface area contributed by atoms with E-state index < -0.39 is 0 Å². The number of benzene rings is 1. The summed E-state index contributed by atoms with van der Waals surface area (Å²) in [4.78, 5) is 8.63. The first-order chi connectivity index (χ1) is 8.19. The molecule has 0 saturated carbocycles. The van der Waals surface area contributed by atoms with E-state index in [9.17, 15) is 4.39 Å². The largest absolute Gasteiger partial charge is 0.292 e. The quantitative estimate of drug-likeness (QED) is 0.510. The highest BCUT2D eigenvalue weighted by atomic mass is 35.5. The topological polar surface area (TPSA) is 63.8 Å². The van der Waals surface area contributed by atoms with Crippen molar-refractivity contribution in [1.82, 2.24) is 9.97 Å². The van der Waals surface area contributed by atoms with Gasteiger partial charge in [-0.2, -0.15) is 0 Å². The zero-order valence-electron chi connectivity index (χ0n) is 8.52. The monoisotopic (exact) mass is 270 g/mol. The van der Waals surface area contributed by atoms with Crippen molar-refractivity contribution in [2.45, 2.75) is 9.92 Å². The van der Waals surface area contributed by atoms with Gasteiger partial charge in [0.15, 0.2) is 0 Å². The molecule has 17 heavy (non-hydrogen) atoms. The molecule has 2 rings (SSSR count). The van der Waals surface area contributed by atoms with Gasteiger partial charge in [-0.25, -0.2) is 20.2 Å². The number of hydrazine groups is 1. The standard InChI is InChI=1S/C10H8ClFN4S/c11-8-5-14-10(16-13)15-9(8)17-7-3-1-2-6(12)4-7/h1-5H,13H2,(H,14,15,16). The Hall–Kier alpha value is -1.37. The summed E-state index contributed by atoms with van der Waals surface area (Å²) in [5, 5.41) is 0.901. The van der Waals surface area contributed by atoms with Crippen LogP contribution in [0.3, 0.4) is 0 Å². The number of aromatic nitrogens is 2. The molecule has 0 saturated heterocycles. The van der Waals surface area contributed by atoms with Crippen molar-refractivity contribution in [2.75, 3.05) is 5.43 Å². The lowest BCUT2D eigenvalue weighted by Gasteiger charge is -2.05. The van der Waals surface area contributed by atoms with E-state index in [0.717, 1.165) is 0 Å². The lowest BCUT2D eigenvalue weighted by molar-refractivity contribution is 0.624. The van der Waals surface area contributed by atoms with Gasteiger partial charge in [0.1, 0.15) is 10.8 Å². The van der Waals surface area contributed by atoms with Crippen molar-refractivity contribution < 1.29 is 4.39 Å². The van der Waals surface area contributed by atoms with Crippen LogP contribution in [0.5, 0.6) is 0 Å². The van der Waals surface area contributed by atoms with Gasteiger partial charge < -0.3 is 0 Å². The summed E-state index contributed by atoms with van der Waals surface area (Å²) in [5.74, 6) is 5.15. The fraction of sp³-hybridized carbons (Fsp3) is 0. The molecule has 1 aromatic heterocycles. The summed E-state index contributed by atoms with van der Waals surface area (Å²) < 4.78 is 13.0. The number of halogens is 2. The minimum absolute atomic E-state index is 0.258. The molecule has 3 N–H and O–H groups in total. The van der Waals surface area contributed by atoms with E-state index in [4.69, 9.17) is 17.4 Å². The Labute approximate surface area is 106 Å². The second-order valence-electron chi connectivity index (χ2n) is 3.05. The van der Waals surface area contributed by atoms with Crippen molar-refractivity contribution in [2.24, 2.45) is 5.84 Å². The molecular formula is C10H8ClFN4S. The molecule has 0 spiro atoms. The fourth-order valence-electron chi connectivity index (χ4n) is 1.13. The van der Waals surface area contributed by atoms with Crippen LogP contribution in [0.25, 0.3) is 0 Å². The van der Waals surface area contributed by atoms with Crippen molar-refractivity contribution >= 4 is 29.3 Å². The molecule has 88 valence electrons. The number of nitrogens with two attached hydrogens (primary N) is 1. The highest BCUT2D eigenvalue weighted by Crippen LogP contribution is 2.31. The van der Waals surface area contributed by atoms with Gasteiger partial charge in [0, 0.05) is 4.90 Å². The summed E-state index contributed by atoms with van der Waals surface area (Å²) in [6.45, 7) is 0. The van der Waals surface area contributed by atoms with E-state index in [2.05, 4.69) is 15.4 Å². The molecule has 0 unspecified atom stereocenters. The molecular weight excluding hydrogens is 263 g/mol. The Morgan fingerprint density at radius 3 is 2.94 bits per heavy atom. The van der Waals surface area contributed by atoms with Crippen LogP contribution in [0, 0.1) is 5.82 Å². The highest BCUT2D eigenvalue weighted by Gasteiger charge is 2.07. The number of hydrogen-bond acceptors (Lipinski definition) is 5. The molecule has 1 aromatic carbocycles. The average Bonchev–Trinajstić information content (AvgIpc) is 2.32. The molecule has 0 aliphatic heterocycles. The van der Waals surface area contributed by atoms with Gasteiger partial charge in [0.05, 0.1) is 11.2 Å². The second-order valence-corrected chi connectivity index (χ2v) is 4.52. The van der Waals surface area contributed by atoms with Gasteiger partial charge in [0.25, 0.3) is 0 Å². The zero-order chi connectivity index (χ0) is 12.3. The van der Waals surface area contributed by atoms with Gasteiger partial charge in [0.2, 0.25) is 5.95 Å². The Kier molecular flexibility index (Phi) is 3.78. The van der Waals surface area contributed by atoms with Crippen LogP contribution in [0.2, 0.25) is 5.02 Å². The molecule has 0 aliphatic carbocycles. The molecule has 7 heteroatoms. The van der Waals surface area contributed by atoms with E-state index in [0.29, 0.717) is 14.9 Å². The third-order valence-electron chi connectivity index (χ3n) is 1.85. The smallest absolute Gasteiger partial charge is 0.238 e. The Morgan fingerprint density at radius 2 is 2.24 bits per heavy atom. The zero-order valence-corrected chi connectivity index (χ0v) is 10.1. The van der Waals surface area contributed by atoms with Crippen LogP contribution in [-0.2, 0) is 0 Å². The maximum atomic E-state index is 13.0. The predicted octanol–water partition coefficient (Wildman–Crippen LogP) is 2.71. The molecule has 0 aliphatic rings. The average molecular weight is 271 g/mol. The molecule has 0 radical (unpaired) electrons. The molecule has 0 amide bonds. The van der Waals surface area contributed by atoms with Gasteiger partial charge in [-0.15, -0.1) is 0 Å². The Bertz CT molecular complexity index is 537. The Balaban J connectivity index is 2.29. The van der Waals surface area contributed by atoms with Crippen molar-refractivity contribution in [3.63, 3.8) is 0 Å². The van der Waals surface area contributed by atoms with E-state index in [1.165, 1.54) is 30.1 Å². The highest BCUT2D eigenvalue weighted by molar-refractivity contribution is 7.99. The SMILES string of the molecule is NNc1ncc(Cl)c(Sc2cccc(F)c2)n1. The van der Waals surface area contributed by atoms with Crippen LogP contribution in [0.15, 0.2) is 40.4 Å². The first-order valence-corrected chi connectivity index (χ1v) is 5.81.